The molecule has 0 aliphatic heterocycles. The molecule has 1 N–H and O–H groups in total. The number of nitrogens with zero attached hydrogens (tertiary/aromatic N) is 2. The summed E-state index contributed by atoms with van der Waals surface area (Å²) >= 11 is 9.92. The molecule has 3 aromatic carbocycles. The van der Waals surface area contributed by atoms with Crippen molar-refractivity contribution in [1.29, 1.82) is 0 Å². The van der Waals surface area contributed by atoms with E-state index >= 15 is 0 Å². The van der Waals surface area contributed by atoms with E-state index in [0.29, 0.717) is 22.8 Å². The lowest BCUT2D eigenvalue weighted by atomic mass is 10.0. The highest BCUT2D eigenvalue weighted by atomic mass is 79.9. The molecule has 40 heavy (non-hydrogen) atoms. The summed E-state index contributed by atoms with van der Waals surface area (Å²) in [5.74, 6) is -0.634. The minimum atomic E-state index is -3.84. The maximum Gasteiger partial charge on any atom is 0.244 e. The Bertz CT molecular complexity index is 1430. The summed E-state index contributed by atoms with van der Waals surface area (Å²) < 4.78 is 27.7. The first-order valence-corrected chi connectivity index (χ1v) is 16.0. The van der Waals surface area contributed by atoms with Crippen LogP contribution in [0.5, 0.6) is 0 Å². The average molecular weight is 649 g/mol. The molecule has 1 atom stereocenters. The highest BCUT2D eigenvalue weighted by Crippen LogP contribution is 2.26. The van der Waals surface area contributed by atoms with Crippen molar-refractivity contribution in [2.45, 2.75) is 39.8 Å². The molecule has 0 aromatic heterocycles. The zero-order valence-corrected chi connectivity index (χ0v) is 26.3. The Morgan fingerprint density at radius 2 is 1.65 bits per heavy atom. The van der Waals surface area contributed by atoms with Gasteiger partial charge in [0.15, 0.2) is 0 Å². The van der Waals surface area contributed by atoms with Crippen LogP contribution in [0.3, 0.4) is 0 Å². The fourth-order valence-electron chi connectivity index (χ4n) is 4.18. The van der Waals surface area contributed by atoms with Crippen molar-refractivity contribution in [2.75, 3.05) is 23.7 Å². The van der Waals surface area contributed by atoms with Crippen LogP contribution in [0.15, 0.2) is 77.3 Å². The fraction of sp³-hybridized carbons (Fsp3) is 0.333. The van der Waals surface area contributed by atoms with Crippen molar-refractivity contribution in [2.24, 2.45) is 5.92 Å². The van der Waals surface area contributed by atoms with Crippen LogP contribution in [0, 0.1) is 12.8 Å². The van der Waals surface area contributed by atoms with Crippen molar-refractivity contribution in [3.63, 3.8) is 0 Å². The highest BCUT2D eigenvalue weighted by molar-refractivity contribution is 9.10. The number of carbonyl (C=O) groups excluding carboxylic acids is 2. The minimum absolute atomic E-state index is 0.0298. The summed E-state index contributed by atoms with van der Waals surface area (Å²) in [6, 6.07) is 20.7. The minimum Gasteiger partial charge on any atom is -0.354 e. The maximum atomic E-state index is 14.1. The number of benzene rings is 3. The smallest absolute Gasteiger partial charge is 0.244 e. The molecule has 0 aliphatic carbocycles. The topological polar surface area (TPSA) is 86.8 Å². The number of halogens is 2. The molecule has 2 amide bonds. The second-order valence-corrected chi connectivity index (χ2v) is 13.3. The number of hydrogen-bond acceptors (Lipinski definition) is 4. The fourth-order valence-corrected chi connectivity index (χ4v) is 5.47. The van der Waals surface area contributed by atoms with E-state index < -0.39 is 28.5 Å². The molecule has 3 rings (SSSR count). The lowest BCUT2D eigenvalue weighted by Gasteiger charge is -2.34. The third-order valence-corrected chi connectivity index (χ3v) is 8.76. The van der Waals surface area contributed by atoms with Crippen LogP contribution in [-0.2, 0) is 32.6 Å². The van der Waals surface area contributed by atoms with Gasteiger partial charge in [0, 0.05) is 29.0 Å². The van der Waals surface area contributed by atoms with Gasteiger partial charge in [-0.25, -0.2) is 8.42 Å². The van der Waals surface area contributed by atoms with Crippen molar-refractivity contribution in [3.05, 3.63) is 99.0 Å². The number of rotatable bonds is 12. The molecule has 3 aromatic rings. The van der Waals surface area contributed by atoms with Crippen LogP contribution in [-0.4, -0.2) is 50.5 Å². The van der Waals surface area contributed by atoms with E-state index in [2.05, 4.69) is 21.2 Å². The van der Waals surface area contributed by atoms with Gasteiger partial charge in [-0.3, -0.25) is 13.9 Å². The summed E-state index contributed by atoms with van der Waals surface area (Å²) in [5.41, 5.74) is 2.70. The van der Waals surface area contributed by atoms with Gasteiger partial charge < -0.3 is 10.2 Å². The molecule has 0 bridgehead atoms. The molecule has 0 saturated heterocycles. The van der Waals surface area contributed by atoms with E-state index in [1.165, 1.54) is 4.90 Å². The van der Waals surface area contributed by atoms with Crippen molar-refractivity contribution >= 4 is 55.1 Å². The van der Waals surface area contributed by atoms with Crippen LogP contribution >= 0.6 is 27.5 Å². The molecular formula is C30H35BrClN3O4S. The van der Waals surface area contributed by atoms with Crippen LogP contribution in [0.4, 0.5) is 5.69 Å². The molecular weight excluding hydrogens is 614 g/mol. The number of nitrogens with one attached hydrogen (secondary N) is 1. The summed E-state index contributed by atoms with van der Waals surface area (Å²) in [6.07, 6.45) is 1.31. The summed E-state index contributed by atoms with van der Waals surface area (Å²) in [4.78, 5) is 29.2. The van der Waals surface area contributed by atoms with E-state index in [9.17, 15) is 18.0 Å². The van der Waals surface area contributed by atoms with Crippen molar-refractivity contribution in [1.82, 2.24) is 10.2 Å². The Kier molecular flexibility index (Phi) is 11.2. The van der Waals surface area contributed by atoms with E-state index in [0.717, 1.165) is 26.2 Å². The Morgan fingerprint density at radius 3 is 2.25 bits per heavy atom. The van der Waals surface area contributed by atoms with Gasteiger partial charge in [-0.05, 0) is 53.8 Å². The van der Waals surface area contributed by atoms with Crippen molar-refractivity contribution in [3.8, 4) is 0 Å². The standard InChI is InChI=1S/C30H35BrClN3O4S/c1-21(2)18-33-30(37)28(17-23-10-6-5-7-11-23)34(19-24-12-8-9-13-27(24)32)29(36)20-35(40(4,38)39)25-14-15-26(31)22(3)16-25/h5-16,21,28H,17-20H2,1-4H3,(H,33,37)/t28-/m1/s1. The second-order valence-electron chi connectivity index (χ2n) is 10.2. The van der Waals surface area contributed by atoms with Gasteiger partial charge in [-0.2, -0.15) is 0 Å². The molecule has 214 valence electrons. The summed E-state index contributed by atoms with van der Waals surface area (Å²) in [6.45, 7) is 5.81. The molecule has 10 heteroatoms. The number of anilines is 1. The van der Waals surface area contributed by atoms with E-state index in [1.807, 2.05) is 57.2 Å². The Labute approximate surface area is 250 Å². The van der Waals surface area contributed by atoms with Crippen LogP contribution in [0.1, 0.15) is 30.5 Å². The zero-order valence-electron chi connectivity index (χ0n) is 23.1. The molecule has 0 spiro atoms. The highest BCUT2D eigenvalue weighted by Gasteiger charge is 2.33. The van der Waals surface area contributed by atoms with Gasteiger partial charge in [0.25, 0.3) is 0 Å². The molecule has 0 unspecified atom stereocenters. The molecule has 0 saturated carbocycles. The van der Waals surface area contributed by atoms with Gasteiger partial charge in [0.2, 0.25) is 21.8 Å². The first kappa shape index (κ1) is 31.6. The van der Waals surface area contributed by atoms with Crippen molar-refractivity contribution < 1.29 is 18.0 Å². The predicted molar refractivity (Wildman–Crippen MR) is 165 cm³/mol. The monoisotopic (exact) mass is 647 g/mol. The molecule has 0 aliphatic rings. The first-order valence-electron chi connectivity index (χ1n) is 12.9. The van der Waals surface area contributed by atoms with Crippen LogP contribution in [0.2, 0.25) is 5.02 Å². The number of aryl methyl sites for hydroxylation is 1. The number of amides is 2. The Hall–Kier alpha value is -2.88. The predicted octanol–water partition coefficient (Wildman–Crippen LogP) is 5.59. The Balaban J connectivity index is 2.07. The molecule has 7 nitrogen and oxygen atoms in total. The molecule has 0 fully saturated rings. The Morgan fingerprint density at radius 1 is 1.00 bits per heavy atom. The third-order valence-electron chi connectivity index (χ3n) is 6.36. The summed E-state index contributed by atoms with van der Waals surface area (Å²) in [5, 5.41) is 3.41. The first-order chi connectivity index (χ1) is 18.9. The van der Waals surface area contributed by atoms with Crippen LogP contribution < -0.4 is 9.62 Å². The number of carbonyl (C=O) groups is 2. The van der Waals surface area contributed by atoms with Gasteiger partial charge in [0.1, 0.15) is 12.6 Å². The van der Waals surface area contributed by atoms with E-state index in [1.54, 1.807) is 36.4 Å². The average Bonchev–Trinajstić information content (AvgIpc) is 2.90. The number of sulfonamides is 1. The van der Waals surface area contributed by atoms with Gasteiger partial charge in [-0.1, -0.05) is 89.9 Å². The molecule has 0 radical (unpaired) electrons. The normalized spacial score (nSPS) is 12.2. The van der Waals surface area contributed by atoms with E-state index in [4.69, 9.17) is 11.6 Å². The number of hydrogen-bond donors (Lipinski definition) is 1. The summed E-state index contributed by atoms with van der Waals surface area (Å²) in [7, 11) is -3.84. The van der Waals surface area contributed by atoms with Gasteiger partial charge >= 0.3 is 0 Å². The maximum absolute atomic E-state index is 14.1. The largest absolute Gasteiger partial charge is 0.354 e. The molecule has 0 heterocycles. The van der Waals surface area contributed by atoms with Gasteiger partial charge in [0.05, 0.1) is 11.9 Å². The lowest BCUT2D eigenvalue weighted by molar-refractivity contribution is -0.140. The zero-order chi connectivity index (χ0) is 29.4. The van der Waals surface area contributed by atoms with E-state index in [-0.39, 0.29) is 24.8 Å². The second kappa shape index (κ2) is 14.1. The lowest BCUT2D eigenvalue weighted by Crippen LogP contribution is -2.53. The SMILES string of the molecule is Cc1cc(N(CC(=O)N(Cc2ccccc2Cl)[C@H](Cc2ccccc2)C(=O)NCC(C)C)S(C)(=O)=O)ccc1Br. The van der Waals surface area contributed by atoms with Gasteiger partial charge in [-0.15, -0.1) is 0 Å². The third kappa shape index (κ3) is 8.81. The van der Waals surface area contributed by atoms with Crippen LogP contribution in [0.25, 0.3) is 0 Å². The quantitative estimate of drug-likeness (QED) is 0.278.